The first-order valence-electron chi connectivity index (χ1n) is 7.28. The van der Waals surface area contributed by atoms with Crippen molar-refractivity contribution in [1.29, 1.82) is 0 Å². The second-order valence-corrected chi connectivity index (χ2v) is 5.87. The van der Waals surface area contributed by atoms with Crippen molar-refractivity contribution in [2.24, 2.45) is 0 Å². The largest absolute Gasteiger partial charge is 0.497 e. The summed E-state index contributed by atoms with van der Waals surface area (Å²) in [7, 11) is 1.57. The zero-order chi connectivity index (χ0) is 16.9. The van der Waals surface area contributed by atoms with Crippen molar-refractivity contribution in [3.63, 3.8) is 0 Å². The molecule has 24 heavy (non-hydrogen) atoms. The maximum Gasteiger partial charge on any atom is 0.252 e. The van der Waals surface area contributed by atoms with Gasteiger partial charge in [-0.1, -0.05) is 6.07 Å². The first kappa shape index (κ1) is 16.3. The molecule has 0 aliphatic carbocycles. The summed E-state index contributed by atoms with van der Waals surface area (Å²) in [6.07, 6.45) is 3.29. The van der Waals surface area contributed by atoms with Gasteiger partial charge in [-0.2, -0.15) is 0 Å². The van der Waals surface area contributed by atoms with Crippen LogP contribution in [0.2, 0.25) is 0 Å². The van der Waals surface area contributed by atoms with Crippen LogP contribution in [0.25, 0.3) is 11.5 Å². The number of furan rings is 1. The molecule has 0 atom stereocenters. The maximum absolute atomic E-state index is 12.5. The van der Waals surface area contributed by atoms with Crippen LogP contribution in [0.3, 0.4) is 0 Å². The molecule has 0 radical (unpaired) electrons. The van der Waals surface area contributed by atoms with Crippen molar-refractivity contribution in [2.75, 3.05) is 7.11 Å². The quantitative estimate of drug-likeness (QED) is 0.718. The molecule has 0 bridgehead atoms. The number of carbonyl (C=O) groups is 1. The minimum Gasteiger partial charge on any atom is -0.497 e. The molecule has 0 unspecified atom stereocenters. The van der Waals surface area contributed by atoms with E-state index < -0.39 is 0 Å². The van der Waals surface area contributed by atoms with Gasteiger partial charge in [-0.05, 0) is 52.3 Å². The highest BCUT2D eigenvalue weighted by Crippen LogP contribution is 2.24. The van der Waals surface area contributed by atoms with Crippen LogP contribution in [0.4, 0.5) is 0 Å². The summed E-state index contributed by atoms with van der Waals surface area (Å²) in [5, 5.41) is 2.90. The second kappa shape index (κ2) is 7.31. The lowest BCUT2D eigenvalue weighted by molar-refractivity contribution is 0.0950. The van der Waals surface area contributed by atoms with Gasteiger partial charge in [0.15, 0.2) is 5.76 Å². The van der Waals surface area contributed by atoms with Crippen LogP contribution in [-0.4, -0.2) is 18.0 Å². The summed E-state index contributed by atoms with van der Waals surface area (Å²) in [4.78, 5) is 16.8. The average molecular weight is 387 g/mol. The lowest BCUT2D eigenvalue weighted by Gasteiger charge is -2.10. The van der Waals surface area contributed by atoms with E-state index in [1.165, 1.54) is 0 Å². The Bertz CT molecular complexity index is 847. The normalized spacial score (nSPS) is 10.4. The van der Waals surface area contributed by atoms with Crippen LogP contribution in [0, 0.1) is 0 Å². The topological polar surface area (TPSA) is 64.4 Å². The van der Waals surface area contributed by atoms with Crippen molar-refractivity contribution in [1.82, 2.24) is 10.3 Å². The van der Waals surface area contributed by atoms with Crippen molar-refractivity contribution in [3.05, 3.63) is 70.5 Å². The number of rotatable bonds is 5. The molecular weight excluding hydrogens is 372 g/mol. The monoisotopic (exact) mass is 386 g/mol. The van der Waals surface area contributed by atoms with Gasteiger partial charge in [-0.3, -0.25) is 9.78 Å². The van der Waals surface area contributed by atoms with E-state index in [9.17, 15) is 4.79 Å². The molecule has 0 saturated heterocycles. The predicted octanol–water partition coefficient (Wildman–Crippen LogP) is 4.04. The number of methoxy groups -OCH3 is 1. The molecule has 1 amide bonds. The van der Waals surface area contributed by atoms with Gasteiger partial charge in [0.25, 0.3) is 5.91 Å². The van der Waals surface area contributed by atoms with Gasteiger partial charge < -0.3 is 14.5 Å². The Labute approximate surface area is 147 Å². The second-order valence-electron chi connectivity index (χ2n) is 5.02. The number of pyridine rings is 1. The summed E-state index contributed by atoms with van der Waals surface area (Å²) >= 11 is 3.39. The van der Waals surface area contributed by atoms with Crippen molar-refractivity contribution in [3.8, 4) is 17.2 Å². The minimum absolute atomic E-state index is 0.199. The Kier molecular flexibility index (Phi) is 4.96. The van der Waals surface area contributed by atoms with E-state index >= 15 is 0 Å². The first-order chi connectivity index (χ1) is 11.7. The fraction of sp³-hybridized carbons (Fsp3) is 0.111. The van der Waals surface area contributed by atoms with E-state index in [1.54, 1.807) is 43.8 Å². The minimum atomic E-state index is -0.199. The highest BCUT2D eigenvalue weighted by Gasteiger charge is 2.13. The Hall–Kier alpha value is -2.60. The number of hydrogen-bond donors (Lipinski definition) is 1. The SMILES string of the molecule is COc1ccc(Br)c(C(=O)NCc2cccnc2-c2ccco2)c1. The Morgan fingerprint density at radius 1 is 1.29 bits per heavy atom. The number of ether oxygens (including phenoxy) is 1. The number of aromatic nitrogens is 1. The molecule has 2 aromatic heterocycles. The van der Waals surface area contributed by atoms with Gasteiger partial charge in [0.1, 0.15) is 11.4 Å². The van der Waals surface area contributed by atoms with Crippen LogP contribution in [0.5, 0.6) is 5.75 Å². The third-order valence-corrected chi connectivity index (χ3v) is 4.19. The number of amides is 1. The zero-order valence-corrected chi connectivity index (χ0v) is 14.5. The molecule has 5 nitrogen and oxygen atoms in total. The predicted molar refractivity (Wildman–Crippen MR) is 93.8 cm³/mol. The van der Waals surface area contributed by atoms with E-state index in [0.29, 0.717) is 33.8 Å². The Morgan fingerprint density at radius 3 is 2.92 bits per heavy atom. The van der Waals surface area contributed by atoms with Gasteiger partial charge in [0.05, 0.1) is 18.9 Å². The van der Waals surface area contributed by atoms with Crippen LogP contribution < -0.4 is 10.1 Å². The highest BCUT2D eigenvalue weighted by atomic mass is 79.9. The Morgan fingerprint density at radius 2 is 2.17 bits per heavy atom. The molecular formula is C18H15BrN2O3. The number of carbonyl (C=O) groups excluding carboxylic acids is 1. The van der Waals surface area contributed by atoms with E-state index in [-0.39, 0.29) is 5.91 Å². The molecule has 0 aliphatic heterocycles. The van der Waals surface area contributed by atoms with E-state index in [4.69, 9.17) is 9.15 Å². The lowest BCUT2D eigenvalue weighted by Crippen LogP contribution is -2.23. The molecule has 0 saturated carbocycles. The molecule has 2 heterocycles. The van der Waals surface area contributed by atoms with Gasteiger partial charge in [-0.25, -0.2) is 0 Å². The third-order valence-electron chi connectivity index (χ3n) is 3.50. The standard InChI is InChI=1S/C18H15BrN2O3/c1-23-13-6-7-15(19)14(10-13)18(22)21-11-12-4-2-8-20-17(12)16-5-3-9-24-16/h2-10H,11H2,1H3,(H,21,22). The van der Waals surface area contributed by atoms with Crippen LogP contribution in [-0.2, 0) is 6.54 Å². The number of nitrogens with zero attached hydrogens (tertiary/aromatic N) is 1. The van der Waals surface area contributed by atoms with Crippen molar-refractivity contribution >= 4 is 21.8 Å². The molecule has 0 fully saturated rings. The average Bonchev–Trinajstić information content (AvgIpc) is 3.15. The number of nitrogens with one attached hydrogen (secondary N) is 1. The molecule has 6 heteroatoms. The molecule has 0 aliphatic rings. The molecule has 1 N–H and O–H groups in total. The molecule has 1 aromatic carbocycles. The summed E-state index contributed by atoms with van der Waals surface area (Å²) in [6.45, 7) is 0.340. The van der Waals surface area contributed by atoms with Crippen molar-refractivity contribution < 1.29 is 13.9 Å². The first-order valence-corrected chi connectivity index (χ1v) is 8.08. The van der Waals surface area contributed by atoms with Gasteiger partial charge in [0.2, 0.25) is 0 Å². The zero-order valence-electron chi connectivity index (χ0n) is 13.0. The highest BCUT2D eigenvalue weighted by molar-refractivity contribution is 9.10. The molecule has 3 rings (SSSR count). The maximum atomic E-state index is 12.5. The number of halogens is 1. The summed E-state index contributed by atoms with van der Waals surface area (Å²) in [6, 6.07) is 12.6. The van der Waals surface area contributed by atoms with Gasteiger partial charge >= 0.3 is 0 Å². The van der Waals surface area contributed by atoms with E-state index in [1.807, 2.05) is 18.2 Å². The summed E-state index contributed by atoms with van der Waals surface area (Å²) < 4.78 is 11.3. The lowest BCUT2D eigenvalue weighted by atomic mass is 10.1. The van der Waals surface area contributed by atoms with Gasteiger partial charge in [0, 0.05) is 22.8 Å². The Balaban J connectivity index is 1.78. The van der Waals surface area contributed by atoms with Crippen LogP contribution in [0.1, 0.15) is 15.9 Å². The van der Waals surface area contributed by atoms with E-state index in [0.717, 1.165) is 5.56 Å². The third kappa shape index (κ3) is 3.49. The van der Waals surface area contributed by atoms with Crippen molar-refractivity contribution in [2.45, 2.75) is 6.54 Å². The smallest absolute Gasteiger partial charge is 0.252 e. The summed E-state index contributed by atoms with van der Waals surface area (Å²) in [5.74, 6) is 1.10. The molecule has 3 aromatic rings. The molecule has 0 spiro atoms. The van der Waals surface area contributed by atoms with Crippen LogP contribution in [0.15, 0.2) is 63.8 Å². The molecule has 122 valence electrons. The number of benzene rings is 1. The summed E-state index contributed by atoms with van der Waals surface area (Å²) in [5.41, 5.74) is 2.10. The number of hydrogen-bond acceptors (Lipinski definition) is 4. The van der Waals surface area contributed by atoms with Gasteiger partial charge in [-0.15, -0.1) is 0 Å². The fourth-order valence-corrected chi connectivity index (χ4v) is 2.72. The van der Waals surface area contributed by atoms with Crippen LogP contribution >= 0.6 is 15.9 Å². The van der Waals surface area contributed by atoms with E-state index in [2.05, 4.69) is 26.2 Å². The fourth-order valence-electron chi connectivity index (χ4n) is 2.29.